The third kappa shape index (κ3) is 4.16. The van der Waals surface area contributed by atoms with Gasteiger partial charge < -0.3 is 9.47 Å². The lowest BCUT2D eigenvalue weighted by Crippen LogP contribution is -2.47. The highest BCUT2D eigenvalue weighted by Crippen LogP contribution is 2.26. The first-order valence-electron chi connectivity index (χ1n) is 6.50. The van der Waals surface area contributed by atoms with Gasteiger partial charge in [-0.3, -0.25) is 4.90 Å². The zero-order valence-corrected chi connectivity index (χ0v) is 12.8. The molecule has 1 atom stereocenters. The van der Waals surface area contributed by atoms with E-state index < -0.39 is 0 Å². The number of ether oxygens (including phenoxy) is 2. The second-order valence-electron chi connectivity index (χ2n) is 4.97. The Balaban J connectivity index is 1.89. The number of morpholine rings is 1. The fraction of sp³-hybridized carbons (Fsp3) is 0.571. The van der Waals surface area contributed by atoms with Gasteiger partial charge in [-0.2, -0.15) is 0 Å². The Kier molecular flexibility index (Phi) is 5.19. The van der Waals surface area contributed by atoms with E-state index in [9.17, 15) is 4.39 Å². The van der Waals surface area contributed by atoms with Gasteiger partial charge in [0.2, 0.25) is 0 Å². The molecule has 0 N–H and O–H groups in total. The maximum atomic E-state index is 13.1. The Bertz CT molecular complexity index is 428. The zero-order valence-electron chi connectivity index (χ0n) is 11.2. The van der Waals surface area contributed by atoms with Gasteiger partial charge in [0.15, 0.2) is 0 Å². The maximum absolute atomic E-state index is 13.1. The Labute approximate surface area is 121 Å². The van der Waals surface area contributed by atoms with Crippen LogP contribution in [0.1, 0.15) is 13.8 Å². The van der Waals surface area contributed by atoms with Crippen molar-refractivity contribution in [1.29, 1.82) is 0 Å². The van der Waals surface area contributed by atoms with Crippen molar-refractivity contribution < 1.29 is 13.9 Å². The smallest absolute Gasteiger partial charge is 0.136 e. The first-order chi connectivity index (χ1) is 9.06. The summed E-state index contributed by atoms with van der Waals surface area (Å²) in [7, 11) is 0. The molecule has 1 aliphatic rings. The van der Waals surface area contributed by atoms with Crippen LogP contribution in [0.25, 0.3) is 0 Å². The third-order valence-electron chi connectivity index (χ3n) is 3.22. The van der Waals surface area contributed by atoms with Gasteiger partial charge in [0, 0.05) is 25.2 Å². The molecule has 0 aromatic heterocycles. The van der Waals surface area contributed by atoms with Crippen LogP contribution in [0, 0.1) is 5.82 Å². The monoisotopic (exact) mass is 331 g/mol. The van der Waals surface area contributed by atoms with E-state index in [-0.39, 0.29) is 11.9 Å². The fourth-order valence-electron chi connectivity index (χ4n) is 2.08. The fourth-order valence-corrected chi connectivity index (χ4v) is 2.44. The molecular formula is C14H19BrFNO2. The summed E-state index contributed by atoms with van der Waals surface area (Å²) in [5.41, 5.74) is 0. The molecule has 0 aliphatic carbocycles. The summed E-state index contributed by atoms with van der Waals surface area (Å²) in [6.07, 6.45) is 0.0336. The van der Waals surface area contributed by atoms with E-state index in [0.29, 0.717) is 18.4 Å². The van der Waals surface area contributed by atoms with Crippen molar-refractivity contribution in [2.75, 3.05) is 26.3 Å². The van der Waals surface area contributed by atoms with E-state index in [4.69, 9.17) is 9.47 Å². The molecule has 1 saturated heterocycles. The van der Waals surface area contributed by atoms with Crippen LogP contribution >= 0.6 is 15.9 Å². The lowest BCUT2D eigenvalue weighted by molar-refractivity contribution is -0.0565. The predicted octanol–water partition coefficient (Wildman–Crippen LogP) is 3.08. The van der Waals surface area contributed by atoms with Gasteiger partial charge in [-0.1, -0.05) is 0 Å². The van der Waals surface area contributed by atoms with Crippen LogP contribution in [0.2, 0.25) is 0 Å². The molecule has 1 aromatic rings. The lowest BCUT2D eigenvalue weighted by atomic mass is 10.2. The molecule has 1 aliphatic heterocycles. The van der Waals surface area contributed by atoms with E-state index in [1.54, 1.807) is 6.07 Å². The molecule has 1 unspecified atom stereocenters. The Morgan fingerprint density at radius 1 is 1.53 bits per heavy atom. The summed E-state index contributed by atoms with van der Waals surface area (Å²) < 4.78 is 25.2. The lowest BCUT2D eigenvalue weighted by Gasteiger charge is -2.35. The van der Waals surface area contributed by atoms with Crippen molar-refractivity contribution in [3.8, 4) is 5.75 Å². The van der Waals surface area contributed by atoms with Crippen molar-refractivity contribution in [2.24, 2.45) is 0 Å². The van der Waals surface area contributed by atoms with Crippen molar-refractivity contribution in [3.05, 3.63) is 28.5 Å². The van der Waals surface area contributed by atoms with E-state index in [0.717, 1.165) is 24.2 Å². The molecule has 5 heteroatoms. The summed E-state index contributed by atoms with van der Waals surface area (Å²) in [6, 6.07) is 4.93. The Morgan fingerprint density at radius 3 is 3.05 bits per heavy atom. The van der Waals surface area contributed by atoms with Crippen molar-refractivity contribution in [1.82, 2.24) is 4.90 Å². The first kappa shape index (κ1) is 14.8. The number of rotatable bonds is 4. The van der Waals surface area contributed by atoms with E-state index in [2.05, 4.69) is 34.7 Å². The van der Waals surface area contributed by atoms with Crippen LogP contribution in [0.3, 0.4) is 0 Å². The largest absolute Gasteiger partial charge is 0.490 e. The van der Waals surface area contributed by atoms with E-state index in [1.165, 1.54) is 12.1 Å². The molecule has 0 amide bonds. The number of hydrogen-bond acceptors (Lipinski definition) is 3. The van der Waals surface area contributed by atoms with Crippen LogP contribution in [0.4, 0.5) is 4.39 Å². The molecule has 1 aromatic carbocycles. The normalized spacial score (nSPS) is 20.8. The van der Waals surface area contributed by atoms with E-state index >= 15 is 0 Å². The van der Waals surface area contributed by atoms with Gasteiger partial charge in [0.05, 0.1) is 11.1 Å². The van der Waals surface area contributed by atoms with Crippen molar-refractivity contribution in [2.45, 2.75) is 26.0 Å². The highest BCUT2D eigenvalue weighted by molar-refractivity contribution is 9.10. The molecule has 3 nitrogen and oxygen atoms in total. The van der Waals surface area contributed by atoms with Gasteiger partial charge in [-0.25, -0.2) is 4.39 Å². The highest BCUT2D eigenvalue weighted by Gasteiger charge is 2.22. The highest BCUT2D eigenvalue weighted by atomic mass is 79.9. The van der Waals surface area contributed by atoms with Crippen LogP contribution in [0.5, 0.6) is 5.75 Å². The SMILES string of the molecule is CC(C)N1CCOC(COc2cc(F)ccc2Br)C1. The number of halogens is 2. The van der Waals surface area contributed by atoms with Crippen LogP contribution in [-0.4, -0.2) is 43.3 Å². The Hall–Kier alpha value is -0.650. The van der Waals surface area contributed by atoms with Crippen LogP contribution in [-0.2, 0) is 4.74 Å². The molecule has 106 valence electrons. The average molecular weight is 332 g/mol. The summed E-state index contributed by atoms with van der Waals surface area (Å²) in [5.74, 6) is 0.219. The minimum atomic E-state index is -0.299. The van der Waals surface area contributed by atoms with Crippen LogP contribution in [0.15, 0.2) is 22.7 Å². The molecule has 2 rings (SSSR count). The minimum absolute atomic E-state index is 0.0336. The third-order valence-corrected chi connectivity index (χ3v) is 3.87. The Morgan fingerprint density at radius 2 is 2.32 bits per heavy atom. The number of benzene rings is 1. The van der Waals surface area contributed by atoms with Gasteiger partial charge in [0.1, 0.15) is 24.3 Å². The molecule has 0 saturated carbocycles. The molecule has 0 radical (unpaired) electrons. The minimum Gasteiger partial charge on any atom is -0.490 e. The van der Waals surface area contributed by atoms with Gasteiger partial charge in [0.25, 0.3) is 0 Å². The van der Waals surface area contributed by atoms with Gasteiger partial charge in [-0.05, 0) is 41.9 Å². The summed E-state index contributed by atoms with van der Waals surface area (Å²) >= 11 is 3.35. The second kappa shape index (κ2) is 6.68. The standard InChI is InChI=1S/C14H19BrFNO2/c1-10(2)17-5-6-18-12(8-17)9-19-14-7-11(16)3-4-13(14)15/h3-4,7,10,12H,5-6,8-9H2,1-2H3. The molecular weight excluding hydrogens is 313 g/mol. The van der Waals surface area contributed by atoms with Gasteiger partial charge in [-0.15, -0.1) is 0 Å². The summed E-state index contributed by atoms with van der Waals surface area (Å²) in [4.78, 5) is 2.36. The molecule has 0 bridgehead atoms. The summed E-state index contributed by atoms with van der Waals surface area (Å²) in [6.45, 7) is 7.31. The van der Waals surface area contributed by atoms with E-state index in [1.807, 2.05) is 0 Å². The average Bonchev–Trinajstić information content (AvgIpc) is 2.40. The molecule has 19 heavy (non-hydrogen) atoms. The topological polar surface area (TPSA) is 21.7 Å². The maximum Gasteiger partial charge on any atom is 0.136 e. The summed E-state index contributed by atoms with van der Waals surface area (Å²) in [5, 5.41) is 0. The predicted molar refractivity (Wildman–Crippen MR) is 76.0 cm³/mol. The first-order valence-corrected chi connectivity index (χ1v) is 7.29. The van der Waals surface area contributed by atoms with Gasteiger partial charge >= 0.3 is 0 Å². The number of nitrogens with zero attached hydrogens (tertiary/aromatic N) is 1. The quantitative estimate of drug-likeness (QED) is 0.846. The zero-order chi connectivity index (χ0) is 13.8. The molecule has 1 fully saturated rings. The van der Waals surface area contributed by atoms with Crippen molar-refractivity contribution >= 4 is 15.9 Å². The second-order valence-corrected chi connectivity index (χ2v) is 5.82. The number of hydrogen-bond donors (Lipinski definition) is 0. The van der Waals surface area contributed by atoms with Crippen LogP contribution < -0.4 is 4.74 Å². The molecule has 1 heterocycles. The molecule has 0 spiro atoms. The van der Waals surface area contributed by atoms with Crippen molar-refractivity contribution in [3.63, 3.8) is 0 Å².